The molecule has 1 saturated heterocycles. The van der Waals surface area contributed by atoms with E-state index in [1.807, 2.05) is 0 Å². The van der Waals surface area contributed by atoms with Crippen molar-refractivity contribution in [1.29, 1.82) is 0 Å². The second-order valence-electron chi connectivity index (χ2n) is 8.97. The third kappa shape index (κ3) is 5.28. The molecule has 21 heavy (non-hydrogen) atoms. The van der Waals surface area contributed by atoms with Crippen molar-refractivity contribution in [2.24, 2.45) is 22.2 Å². The van der Waals surface area contributed by atoms with Gasteiger partial charge in [0.2, 0.25) is 0 Å². The van der Waals surface area contributed by atoms with Crippen LogP contribution in [0.4, 0.5) is 0 Å². The van der Waals surface area contributed by atoms with Gasteiger partial charge in [0, 0.05) is 13.2 Å². The van der Waals surface area contributed by atoms with E-state index in [1.165, 1.54) is 0 Å². The van der Waals surface area contributed by atoms with Crippen LogP contribution in [0.25, 0.3) is 0 Å². The lowest BCUT2D eigenvalue weighted by Gasteiger charge is -2.43. The van der Waals surface area contributed by atoms with Gasteiger partial charge >= 0.3 is 5.97 Å². The fraction of sp³-hybridized carbons (Fsp3) is 0.944. The molecule has 1 rings (SSSR count). The Labute approximate surface area is 130 Å². The molecule has 0 N–H and O–H groups in total. The second kappa shape index (κ2) is 6.68. The number of carbonyl (C=O) groups excluding carboxylic acids is 1. The minimum absolute atomic E-state index is 0.0450. The van der Waals surface area contributed by atoms with Crippen molar-refractivity contribution in [3.63, 3.8) is 0 Å². The van der Waals surface area contributed by atoms with E-state index in [0.717, 1.165) is 32.5 Å². The minimum Gasteiger partial charge on any atom is -0.465 e. The predicted molar refractivity (Wildman–Crippen MR) is 86.1 cm³/mol. The highest BCUT2D eigenvalue weighted by atomic mass is 16.5. The molecule has 3 nitrogen and oxygen atoms in total. The molecular formula is C18H34O3. The molecule has 3 heteroatoms. The van der Waals surface area contributed by atoms with E-state index in [4.69, 9.17) is 9.47 Å². The van der Waals surface area contributed by atoms with Crippen molar-refractivity contribution >= 4 is 5.97 Å². The molecular weight excluding hydrogens is 264 g/mol. The van der Waals surface area contributed by atoms with E-state index in [2.05, 4.69) is 48.5 Å². The Hall–Kier alpha value is -0.570. The standard InChI is InChI=1S/C18H34O3/c1-16(2,3)13-18(7,17(4,5)6)15(19)21-12-14-8-10-20-11-9-14/h14H,8-13H2,1-7H3. The van der Waals surface area contributed by atoms with Gasteiger partial charge in [-0.1, -0.05) is 41.5 Å². The molecule has 1 atom stereocenters. The van der Waals surface area contributed by atoms with Gasteiger partial charge in [-0.05, 0) is 42.9 Å². The van der Waals surface area contributed by atoms with E-state index in [0.29, 0.717) is 12.5 Å². The Morgan fingerprint density at radius 1 is 1.05 bits per heavy atom. The zero-order chi connectivity index (χ0) is 16.3. The number of ether oxygens (including phenoxy) is 2. The topological polar surface area (TPSA) is 35.5 Å². The molecule has 0 aromatic rings. The van der Waals surface area contributed by atoms with E-state index < -0.39 is 5.41 Å². The Morgan fingerprint density at radius 3 is 2.00 bits per heavy atom. The Bertz CT molecular complexity index is 342. The number of hydrogen-bond acceptors (Lipinski definition) is 3. The van der Waals surface area contributed by atoms with Gasteiger partial charge in [-0.2, -0.15) is 0 Å². The average Bonchev–Trinajstić information content (AvgIpc) is 2.33. The summed E-state index contributed by atoms with van der Waals surface area (Å²) in [5.41, 5.74) is -0.483. The van der Waals surface area contributed by atoms with Gasteiger partial charge in [0.15, 0.2) is 0 Å². The van der Waals surface area contributed by atoms with Crippen LogP contribution in [0.5, 0.6) is 0 Å². The van der Waals surface area contributed by atoms with Crippen molar-refractivity contribution in [3.8, 4) is 0 Å². The second-order valence-corrected chi connectivity index (χ2v) is 8.97. The summed E-state index contributed by atoms with van der Waals surface area (Å²) < 4.78 is 11.1. The Morgan fingerprint density at radius 2 is 1.57 bits per heavy atom. The fourth-order valence-corrected chi connectivity index (χ4v) is 2.97. The van der Waals surface area contributed by atoms with Gasteiger partial charge in [0.25, 0.3) is 0 Å². The normalized spacial score (nSPS) is 20.9. The van der Waals surface area contributed by atoms with Gasteiger partial charge in [-0.25, -0.2) is 0 Å². The number of carbonyl (C=O) groups is 1. The predicted octanol–water partition coefficient (Wildman–Crippen LogP) is 4.44. The van der Waals surface area contributed by atoms with Gasteiger partial charge in [-0.3, -0.25) is 4.79 Å². The highest BCUT2D eigenvalue weighted by Crippen LogP contribution is 2.47. The third-order valence-corrected chi connectivity index (χ3v) is 4.78. The Balaban J connectivity index is 2.71. The van der Waals surface area contributed by atoms with Crippen LogP contribution in [0.1, 0.15) is 67.7 Å². The number of hydrogen-bond donors (Lipinski definition) is 0. The average molecular weight is 298 g/mol. The molecule has 0 aromatic heterocycles. The molecule has 0 bridgehead atoms. The van der Waals surface area contributed by atoms with Crippen LogP contribution >= 0.6 is 0 Å². The molecule has 0 spiro atoms. The summed E-state index contributed by atoms with van der Waals surface area (Å²) in [4.78, 5) is 12.8. The summed E-state index contributed by atoms with van der Waals surface area (Å²) >= 11 is 0. The molecule has 124 valence electrons. The highest BCUT2D eigenvalue weighted by molar-refractivity contribution is 5.77. The van der Waals surface area contributed by atoms with Crippen LogP contribution < -0.4 is 0 Å². The molecule has 0 aliphatic carbocycles. The van der Waals surface area contributed by atoms with Gasteiger partial charge in [0.05, 0.1) is 12.0 Å². The van der Waals surface area contributed by atoms with Gasteiger partial charge in [0.1, 0.15) is 0 Å². The first kappa shape index (κ1) is 18.5. The van der Waals surface area contributed by atoms with Crippen LogP contribution in [0.15, 0.2) is 0 Å². The van der Waals surface area contributed by atoms with Crippen molar-refractivity contribution in [3.05, 3.63) is 0 Å². The van der Waals surface area contributed by atoms with Crippen molar-refractivity contribution < 1.29 is 14.3 Å². The van der Waals surface area contributed by atoms with Crippen molar-refractivity contribution in [2.75, 3.05) is 19.8 Å². The summed E-state index contributed by atoms with van der Waals surface area (Å²) in [6.45, 7) is 17.1. The lowest BCUT2D eigenvalue weighted by atomic mass is 9.61. The third-order valence-electron chi connectivity index (χ3n) is 4.78. The summed E-state index contributed by atoms with van der Waals surface area (Å²) in [5, 5.41) is 0. The van der Waals surface area contributed by atoms with Crippen molar-refractivity contribution in [2.45, 2.75) is 67.7 Å². The van der Waals surface area contributed by atoms with Crippen molar-refractivity contribution in [1.82, 2.24) is 0 Å². The molecule has 1 unspecified atom stereocenters. The molecule has 1 fully saturated rings. The van der Waals surface area contributed by atoms with E-state index in [9.17, 15) is 4.79 Å². The molecule has 1 heterocycles. The molecule has 1 aliphatic heterocycles. The maximum Gasteiger partial charge on any atom is 0.312 e. The van der Waals surface area contributed by atoms with Gasteiger partial charge in [-0.15, -0.1) is 0 Å². The first-order valence-electron chi connectivity index (χ1n) is 8.21. The molecule has 0 saturated carbocycles. The Kier molecular flexibility index (Phi) is 5.88. The summed E-state index contributed by atoms with van der Waals surface area (Å²) in [7, 11) is 0. The molecule has 0 aromatic carbocycles. The summed E-state index contributed by atoms with van der Waals surface area (Å²) in [5.74, 6) is 0.415. The lowest BCUT2D eigenvalue weighted by molar-refractivity contribution is -0.167. The lowest BCUT2D eigenvalue weighted by Crippen LogP contribution is -2.44. The number of rotatable bonds is 4. The molecule has 0 amide bonds. The minimum atomic E-state index is -0.462. The molecule has 0 radical (unpaired) electrons. The first-order chi connectivity index (χ1) is 9.46. The van der Waals surface area contributed by atoms with Crippen LogP contribution in [0.2, 0.25) is 0 Å². The molecule has 1 aliphatic rings. The highest BCUT2D eigenvalue weighted by Gasteiger charge is 2.47. The maximum absolute atomic E-state index is 12.8. The smallest absolute Gasteiger partial charge is 0.312 e. The van der Waals surface area contributed by atoms with Crippen LogP contribution in [-0.4, -0.2) is 25.8 Å². The fourth-order valence-electron chi connectivity index (χ4n) is 2.97. The largest absolute Gasteiger partial charge is 0.465 e. The maximum atomic E-state index is 12.8. The van der Waals surface area contributed by atoms with Gasteiger partial charge < -0.3 is 9.47 Å². The quantitative estimate of drug-likeness (QED) is 0.720. The van der Waals surface area contributed by atoms with E-state index in [-0.39, 0.29) is 16.8 Å². The van der Waals surface area contributed by atoms with Crippen LogP contribution in [0, 0.1) is 22.2 Å². The van der Waals surface area contributed by atoms with Crippen LogP contribution in [-0.2, 0) is 14.3 Å². The SMILES string of the molecule is CC(C)(C)CC(C)(C(=O)OCC1CCOCC1)C(C)(C)C. The van der Waals surface area contributed by atoms with E-state index in [1.54, 1.807) is 0 Å². The van der Waals surface area contributed by atoms with E-state index >= 15 is 0 Å². The van der Waals surface area contributed by atoms with Crippen LogP contribution in [0.3, 0.4) is 0 Å². The summed E-state index contributed by atoms with van der Waals surface area (Å²) in [6.07, 6.45) is 2.83. The summed E-state index contributed by atoms with van der Waals surface area (Å²) in [6, 6.07) is 0. The number of esters is 1. The zero-order valence-corrected chi connectivity index (χ0v) is 15.0. The zero-order valence-electron chi connectivity index (χ0n) is 15.0. The monoisotopic (exact) mass is 298 g/mol. The first-order valence-corrected chi connectivity index (χ1v) is 8.21.